The van der Waals surface area contributed by atoms with E-state index in [0.717, 1.165) is 25.7 Å². The van der Waals surface area contributed by atoms with Gasteiger partial charge in [-0.3, -0.25) is 9.78 Å². The molecule has 0 aromatic carbocycles. The quantitative estimate of drug-likeness (QED) is 0.829. The van der Waals surface area contributed by atoms with Crippen LogP contribution >= 0.6 is 0 Å². The number of ether oxygens (including phenoxy) is 1. The molecule has 2 rings (SSSR count). The molecule has 1 fully saturated rings. The van der Waals surface area contributed by atoms with Gasteiger partial charge in [0.25, 0.3) is 0 Å². The number of hydrogen-bond donors (Lipinski definition) is 1. The zero-order valence-corrected chi connectivity index (χ0v) is 10.8. The molecule has 1 aliphatic carbocycles. The maximum atomic E-state index is 12.4. The second-order valence-electron chi connectivity index (χ2n) is 4.76. The Bertz CT molecular complexity index is 420. The summed E-state index contributed by atoms with van der Waals surface area (Å²) >= 11 is 0. The van der Waals surface area contributed by atoms with Gasteiger partial charge in [0.1, 0.15) is 5.75 Å². The molecule has 0 amide bonds. The fraction of sp³-hybridized carbons (Fsp3) is 0.571. The molecule has 2 unspecified atom stereocenters. The average molecular weight is 248 g/mol. The van der Waals surface area contributed by atoms with Gasteiger partial charge in [-0.05, 0) is 25.8 Å². The zero-order valence-electron chi connectivity index (χ0n) is 10.8. The highest BCUT2D eigenvalue weighted by Gasteiger charge is 2.29. The van der Waals surface area contributed by atoms with Crippen molar-refractivity contribution < 1.29 is 9.53 Å². The third-order valence-corrected chi connectivity index (χ3v) is 3.46. The predicted octanol–water partition coefficient (Wildman–Crippen LogP) is 2.18. The number of hydrogen-bond acceptors (Lipinski definition) is 4. The fourth-order valence-corrected chi connectivity index (χ4v) is 2.50. The molecule has 0 radical (unpaired) electrons. The lowest BCUT2D eigenvalue weighted by atomic mass is 9.80. The van der Waals surface area contributed by atoms with Crippen LogP contribution in [0.1, 0.15) is 43.0 Å². The number of aromatic nitrogens is 1. The monoisotopic (exact) mass is 248 g/mol. The van der Waals surface area contributed by atoms with Crippen LogP contribution in [0, 0.1) is 5.92 Å². The van der Waals surface area contributed by atoms with E-state index in [1.54, 1.807) is 18.5 Å². The van der Waals surface area contributed by atoms with Crippen LogP contribution < -0.4 is 10.5 Å². The van der Waals surface area contributed by atoms with Gasteiger partial charge < -0.3 is 10.5 Å². The summed E-state index contributed by atoms with van der Waals surface area (Å²) in [6, 6.07) is 1.75. The molecule has 98 valence electrons. The summed E-state index contributed by atoms with van der Waals surface area (Å²) in [5.74, 6) is 0.696. The highest BCUT2D eigenvalue weighted by Crippen LogP contribution is 2.27. The molecular formula is C14H20N2O2. The lowest BCUT2D eigenvalue weighted by Crippen LogP contribution is -2.38. The van der Waals surface area contributed by atoms with Gasteiger partial charge in [-0.1, -0.05) is 12.8 Å². The summed E-state index contributed by atoms with van der Waals surface area (Å²) in [6.45, 7) is 2.48. The number of nitrogens with two attached hydrogens (primary N) is 1. The topological polar surface area (TPSA) is 65.2 Å². The molecule has 2 N–H and O–H groups in total. The molecule has 1 saturated carbocycles. The van der Waals surface area contributed by atoms with Gasteiger partial charge >= 0.3 is 0 Å². The SMILES string of the molecule is CCOc1cncc(C(=O)C2CCCCC2N)c1. The van der Waals surface area contributed by atoms with Crippen molar-refractivity contribution in [3.05, 3.63) is 24.0 Å². The maximum Gasteiger partial charge on any atom is 0.169 e. The van der Waals surface area contributed by atoms with Crippen molar-refractivity contribution in [2.75, 3.05) is 6.61 Å². The minimum atomic E-state index is -0.0579. The van der Waals surface area contributed by atoms with Crippen molar-refractivity contribution in [1.29, 1.82) is 0 Å². The van der Waals surface area contributed by atoms with Crippen molar-refractivity contribution in [2.45, 2.75) is 38.6 Å². The number of carbonyl (C=O) groups is 1. The molecule has 2 atom stereocenters. The van der Waals surface area contributed by atoms with Crippen LogP contribution in [0.4, 0.5) is 0 Å². The van der Waals surface area contributed by atoms with Crippen LogP contribution in [0.3, 0.4) is 0 Å². The molecule has 1 heterocycles. The molecule has 0 bridgehead atoms. The second kappa shape index (κ2) is 5.96. The highest BCUT2D eigenvalue weighted by atomic mass is 16.5. The van der Waals surface area contributed by atoms with Gasteiger partial charge in [0.2, 0.25) is 0 Å². The number of nitrogens with zero attached hydrogens (tertiary/aromatic N) is 1. The number of pyridine rings is 1. The minimum absolute atomic E-state index is 0.0120. The first-order valence-corrected chi connectivity index (χ1v) is 6.60. The highest BCUT2D eigenvalue weighted by molar-refractivity contribution is 5.98. The van der Waals surface area contributed by atoms with Gasteiger partial charge in [-0.2, -0.15) is 0 Å². The smallest absolute Gasteiger partial charge is 0.169 e. The molecule has 0 aliphatic heterocycles. The zero-order chi connectivity index (χ0) is 13.0. The molecule has 4 nitrogen and oxygen atoms in total. The Hall–Kier alpha value is -1.42. The minimum Gasteiger partial charge on any atom is -0.492 e. The standard InChI is InChI=1S/C14H20N2O2/c1-2-18-11-7-10(8-16-9-11)14(17)12-5-3-4-6-13(12)15/h7-9,12-13H,2-6,15H2,1H3. The van der Waals surface area contributed by atoms with E-state index < -0.39 is 0 Å². The van der Waals surface area contributed by atoms with Crippen molar-refractivity contribution in [2.24, 2.45) is 11.7 Å². The van der Waals surface area contributed by atoms with Crippen molar-refractivity contribution in [1.82, 2.24) is 4.98 Å². The Kier molecular flexibility index (Phi) is 4.31. The van der Waals surface area contributed by atoms with Crippen molar-refractivity contribution in [3.63, 3.8) is 0 Å². The fourth-order valence-electron chi connectivity index (χ4n) is 2.50. The maximum absolute atomic E-state index is 12.4. The Morgan fingerprint density at radius 1 is 1.44 bits per heavy atom. The largest absolute Gasteiger partial charge is 0.492 e. The normalized spacial score (nSPS) is 23.7. The molecule has 0 saturated heterocycles. The second-order valence-corrected chi connectivity index (χ2v) is 4.76. The van der Waals surface area contributed by atoms with E-state index in [1.165, 1.54) is 0 Å². The molecule has 18 heavy (non-hydrogen) atoms. The van der Waals surface area contributed by atoms with E-state index in [1.807, 2.05) is 6.92 Å². The summed E-state index contributed by atoms with van der Waals surface area (Å²) in [6.07, 6.45) is 7.27. The van der Waals surface area contributed by atoms with E-state index in [4.69, 9.17) is 10.5 Å². The van der Waals surface area contributed by atoms with Gasteiger partial charge in [-0.25, -0.2) is 0 Å². The van der Waals surface area contributed by atoms with Crippen LogP contribution in [-0.4, -0.2) is 23.4 Å². The molecular weight excluding hydrogens is 228 g/mol. The van der Waals surface area contributed by atoms with Crippen molar-refractivity contribution in [3.8, 4) is 5.75 Å². The Morgan fingerprint density at radius 3 is 2.94 bits per heavy atom. The first kappa shape index (κ1) is 13.0. The third-order valence-electron chi connectivity index (χ3n) is 3.46. The van der Waals surface area contributed by atoms with E-state index in [0.29, 0.717) is 17.9 Å². The van der Waals surface area contributed by atoms with E-state index in [9.17, 15) is 4.79 Å². The van der Waals surface area contributed by atoms with Crippen LogP contribution in [0.25, 0.3) is 0 Å². The van der Waals surface area contributed by atoms with Crippen LogP contribution in [0.15, 0.2) is 18.5 Å². The van der Waals surface area contributed by atoms with Gasteiger partial charge in [-0.15, -0.1) is 0 Å². The van der Waals surface area contributed by atoms with Gasteiger partial charge in [0.05, 0.1) is 12.8 Å². The van der Waals surface area contributed by atoms with Gasteiger partial charge in [0, 0.05) is 23.7 Å². The van der Waals surface area contributed by atoms with Gasteiger partial charge in [0.15, 0.2) is 5.78 Å². The lowest BCUT2D eigenvalue weighted by Gasteiger charge is -2.27. The molecule has 4 heteroatoms. The Balaban J connectivity index is 2.14. The average Bonchev–Trinajstić information content (AvgIpc) is 2.39. The first-order chi connectivity index (χ1) is 8.72. The number of ketones is 1. The molecule has 1 aromatic rings. The van der Waals surface area contributed by atoms with Crippen molar-refractivity contribution >= 4 is 5.78 Å². The lowest BCUT2D eigenvalue weighted by molar-refractivity contribution is 0.0870. The summed E-state index contributed by atoms with van der Waals surface area (Å²) in [5, 5.41) is 0. The first-order valence-electron chi connectivity index (χ1n) is 6.60. The number of rotatable bonds is 4. The summed E-state index contributed by atoms with van der Waals surface area (Å²) in [5.41, 5.74) is 6.66. The summed E-state index contributed by atoms with van der Waals surface area (Å²) < 4.78 is 5.36. The number of carbonyl (C=O) groups excluding carboxylic acids is 1. The molecule has 0 spiro atoms. The molecule has 1 aromatic heterocycles. The van der Waals surface area contributed by atoms with Crippen LogP contribution in [0.5, 0.6) is 5.75 Å². The molecule has 1 aliphatic rings. The third kappa shape index (κ3) is 2.88. The van der Waals surface area contributed by atoms with E-state index in [2.05, 4.69) is 4.98 Å². The van der Waals surface area contributed by atoms with E-state index in [-0.39, 0.29) is 17.7 Å². The summed E-state index contributed by atoms with van der Waals surface area (Å²) in [7, 11) is 0. The Labute approximate surface area is 108 Å². The predicted molar refractivity (Wildman–Crippen MR) is 69.7 cm³/mol. The van der Waals surface area contributed by atoms with Crippen LogP contribution in [0.2, 0.25) is 0 Å². The van der Waals surface area contributed by atoms with E-state index >= 15 is 0 Å². The van der Waals surface area contributed by atoms with Crippen LogP contribution in [-0.2, 0) is 0 Å². The Morgan fingerprint density at radius 2 is 2.22 bits per heavy atom. The summed E-state index contributed by atoms with van der Waals surface area (Å²) in [4.78, 5) is 16.4. The number of Topliss-reactive ketones (excluding diaryl/α,β-unsaturated/α-hetero) is 1.